The van der Waals surface area contributed by atoms with Crippen molar-refractivity contribution in [1.82, 2.24) is 15.6 Å². The number of amides is 2. The van der Waals surface area contributed by atoms with E-state index in [-0.39, 0.29) is 18.2 Å². The van der Waals surface area contributed by atoms with Crippen molar-refractivity contribution in [1.29, 1.82) is 0 Å². The average Bonchev–Trinajstić information content (AvgIpc) is 2.61. The molecule has 3 rings (SSSR count). The minimum atomic E-state index is -0.204. The summed E-state index contributed by atoms with van der Waals surface area (Å²) in [5, 5.41) is 5.87. The number of urea groups is 1. The Kier molecular flexibility index (Phi) is 5.38. The Hall–Kier alpha value is -2.76. The van der Waals surface area contributed by atoms with Crippen LogP contribution in [0.3, 0.4) is 0 Å². The zero-order chi connectivity index (χ0) is 17.6. The smallest absolute Gasteiger partial charge is 0.315 e. The molecule has 0 spiro atoms. The van der Waals surface area contributed by atoms with Crippen LogP contribution in [0.4, 0.5) is 4.79 Å². The molecule has 0 saturated heterocycles. The van der Waals surface area contributed by atoms with Gasteiger partial charge in [-0.05, 0) is 25.5 Å². The standard InChI is InChI=1S/C19H23N3O3/c1-13(2)25-18-8-7-14(11-20-18)12-21-19(23)22-16-9-10-24-17-6-4-3-5-15(16)17/h3-8,11,13,16H,9-10,12H2,1-2H3,(H2,21,22,23)/t16-/m1/s1. The Morgan fingerprint density at radius 1 is 1.32 bits per heavy atom. The van der Waals surface area contributed by atoms with Crippen molar-refractivity contribution in [2.24, 2.45) is 0 Å². The first-order valence-electron chi connectivity index (χ1n) is 8.49. The van der Waals surface area contributed by atoms with Gasteiger partial charge in [-0.25, -0.2) is 9.78 Å². The average molecular weight is 341 g/mol. The zero-order valence-electron chi connectivity index (χ0n) is 14.5. The molecule has 2 heterocycles. The fraction of sp³-hybridized carbons (Fsp3) is 0.368. The van der Waals surface area contributed by atoms with Crippen LogP contribution in [0.2, 0.25) is 0 Å². The minimum absolute atomic E-state index is 0.0371. The second-order valence-corrected chi connectivity index (χ2v) is 6.23. The third-order valence-corrected chi connectivity index (χ3v) is 3.87. The Morgan fingerprint density at radius 2 is 2.16 bits per heavy atom. The summed E-state index contributed by atoms with van der Waals surface area (Å²) in [6.45, 7) is 4.92. The van der Waals surface area contributed by atoms with Gasteiger partial charge in [0.2, 0.25) is 5.88 Å². The third-order valence-electron chi connectivity index (χ3n) is 3.87. The van der Waals surface area contributed by atoms with Gasteiger partial charge in [-0.1, -0.05) is 24.3 Å². The zero-order valence-corrected chi connectivity index (χ0v) is 14.5. The van der Waals surface area contributed by atoms with Crippen molar-refractivity contribution < 1.29 is 14.3 Å². The van der Waals surface area contributed by atoms with Gasteiger partial charge in [0.25, 0.3) is 0 Å². The first-order valence-corrected chi connectivity index (χ1v) is 8.49. The summed E-state index contributed by atoms with van der Waals surface area (Å²) in [5.41, 5.74) is 1.93. The number of rotatable bonds is 5. The Morgan fingerprint density at radius 3 is 2.92 bits per heavy atom. The molecule has 0 aliphatic carbocycles. The van der Waals surface area contributed by atoms with Crippen LogP contribution in [0.15, 0.2) is 42.6 Å². The van der Waals surface area contributed by atoms with E-state index in [9.17, 15) is 4.79 Å². The lowest BCUT2D eigenvalue weighted by Crippen LogP contribution is -2.39. The molecule has 1 aromatic heterocycles. The largest absolute Gasteiger partial charge is 0.493 e. The lowest BCUT2D eigenvalue weighted by Gasteiger charge is -2.26. The summed E-state index contributed by atoms with van der Waals surface area (Å²) in [5.74, 6) is 1.42. The second kappa shape index (κ2) is 7.88. The SMILES string of the molecule is CC(C)Oc1ccc(CNC(=O)N[C@@H]2CCOc3ccccc32)cn1. The molecule has 0 saturated carbocycles. The van der Waals surface area contributed by atoms with E-state index in [0.717, 1.165) is 23.3 Å². The van der Waals surface area contributed by atoms with Crippen molar-refractivity contribution >= 4 is 6.03 Å². The van der Waals surface area contributed by atoms with Crippen LogP contribution in [-0.4, -0.2) is 23.7 Å². The lowest BCUT2D eigenvalue weighted by atomic mass is 10.0. The normalized spacial score (nSPS) is 15.9. The number of nitrogens with zero attached hydrogens (tertiary/aromatic N) is 1. The fourth-order valence-electron chi connectivity index (χ4n) is 2.71. The monoisotopic (exact) mass is 341 g/mol. The number of nitrogens with one attached hydrogen (secondary N) is 2. The van der Waals surface area contributed by atoms with Crippen LogP contribution in [-0.2, 0) is 6.54 Å². The van der Waals surface area contributed by atoms with Crippen LogP contribution in [0.1, 0.15) is 37.4 Å². The molecule has 1 aliphatic rings. The van der Waals surface area contributed by atoms with Crippen LogP contribution in [0.25, 0.3) is 0 Å². The van der Waals surface area contributed by atoms with Crippen molar-refractivity contribution in [2.45, 2.75) is 39.0 Å². The molecule has 6 nitrogen and oxygen atoms in total. The Bertz CT molecular complexity index is 716. The number of hydrogen-bond acceptors (Lipinski definition) is 4. The number of aromatic nitrogens is 1. The third kappa shape index (κ3) is 4.62. The molecule has 25 heavy (non-hydrogen) atoms. The van der Waals surface area contributed by atoms with Gasteiger partial charge in [0.15, 0.2) is 0 Å². The van der Waals surface area contributed by atoms with Crippen molar-refractivity contribution in [3.63, 3.8) is 0 Å². The second-order valence-electron chi connectivity index (χ2n) is 6.23. The van der Waals surface area contributed by atoms with Crippen LogP contribution in [0, 0.1) is 0 Å². The molecule has 6 heteroatoms. The summed E-state index contributed by atoms with van der Waals surface area (Å²) in [4.78, 5) is 16.4. The maximum atomic E-state index is 12.2. The quantitative estimate of drug-likeness (QED) is 0.876. The van der Waals surface area contributed by atoms with E-state index in [4.69, 9.17) is 9.47 Å². The van der Waals surface area contributed by atoms with E-state index in [1.807, 2.05) is 50.2 Å². The fourth-order valence-corrected chi connectivity index (χ4v) is 2.71. The summed E-state index contributed by atoms with van der Waals surface area (Å²) in [6, 6.07) is 11.3. The molecule has 0 radical (unpaired) electrons. The Balaban J connectivity index is 1.52. The number of carbonyl (C=O) groups excluding carboxylic acids is 1. The van der Waals surface area contributed by atoms with Crippen molar-refractivity contribution in [3.05, 3.63) is 53.7 Å². The van der Waals surface area contributed by atoms with E-state index in [2.05, 4.69) is 15.6 Å². The highest BCUT2D eigenvalue weighted by Gasteiger charge is 2.22. The van der Waals surface area contributed by atoms with Crippen molar-refractivity contribution in [3.8, 4) is 11.6 Å². The Labute approximate surface area is 147 Å². The molecule has 1 atom stereocenters. The minimum Gasteiger partial charge on any atom is -0.493 e. The molecule has 0 unspecified atom stereocenters. The molecule has 1 aliphatic heterocycles. The van der Waals surface area contributed by atoms with Gasteiger partial charge < -0.3 is 20.1 Å². The maximum absolute atomic E-state index is 12.2. The van der Waals surface area contributed by atoms with Gasteiger partial charge in [0, 0.05) is 30.8 Å². The van der Waals surface area contributed by atoms with E-state index in [1.165, 1.54) is 0 Å². The topological polar surface area (TPSA) is 72.5 Å². The van der Waals surface area contributed by atoms with Crippen LogP contribution < -0.4 is 20.1 Å². The molecule has 0 fully saturated rings. The molecule has 2 aromatic rings. The number of benzene rings is 1. The number of pyridine rings is 1. The molecule has 2 N–H and O–H groups in total. The summed E-state index contributed by atoms with van der Waals surface area (Å²) >= 11 is 0. The maximum Gasteiger partial charge on any atom is 0.315 e. The molecule has 2 amide bonds. The molecule has 132 valence electrons. The van der Waals surface area contributed by atoms with Crippen LogP contribution >= 0.6 is 0 Å². The summed E-state index contributed by atoms with van der Waals surface area (Å²) in [7, 11) is 0. The summed E-state index contributed by atoms with van der Waals surface area (Å²) in [6.07, 6.45) is 2.55. The number of hydrogen-bond donors (Lipinski definition) is 2. The first kappa shape index (κ1) is 17.1. The highest BCUT2D eigenvalue weighted by atomic mass is 16.5. The predicted octanol–water partition coefficient (Wildman–Crippen LogP) is 3.19. The van der Waals surface area contributed by atoms with Gasteiger partial charge in [0.05, 0.1) is 18.8 Å². The number of ether oxygens (including phenoxy) is 2. The lowest BCUT2D eigenvalue weighted by molar-refractivity contribution is 0.223. The van der Waals surface area contributed by atoms with Gasteiger partial charge in [0.1, 0.15) is 5.75 Å². The van der Waals surface area contributed by atoms with Gasteiger partial charge >= 0.3 is 6.03 Å². The predicted molar refractivity (Wildman–Crippen MR) is 94.7 cm³/mol. The van der Waals surface area contributed by atoms with Gasteiger partial charge in [-0.15, -0.1) is 0 Å². The van der Waals surface area contributed by atoms with Crippen molar-refractivity contribution in [2.75, 3.05) is 6.61 Å². The van der Waals surface area contributed by atoms with E-state index < -0.39 is 0 Å². The number of carbonyl (C=O) groups is 1. The number of para-hydroxylation sites is 1. The van der Waals surface area contributed by atoms with E-state index >= 15 is 0 Å². The molecular formula is C19H23N3O3. The van der Waals surface area contributed by atoms with E-state index in [0.29, 0.717) is 19.0 Å². The highest BCUT2D eigenvalue weighted by Crippen LogP contribution is 2.31. The van der Waals surface area contributed by atoms with Crippen LogP contribution in [0.5, 0.6) is 11.6 Å². The molecule has 0 bridgehead atoms. The van der Waals surface area contributed by atoms with Gasteiger partial charge in [-0.2, -0.15) is 0 Å². The summed E-state index contributed by atoms with van der Waals surface area (Å²) < 4.78 is 11.1. The first-order chi connectivity index (χ1) is 12.1. The molecule has 1 aromatic carbocycles. The molecular weight excluding hydrogens is 318 g/mol. The van der Waals surface area contributed by atoms with Gasteiger partial charge in [-0.3, -0.25) is 0 Å². The highest BCUT2D eigenvalue weighted by molar-refractivity contribution is 5.74. The number of fused-ring (bicyclic) bond motifs is 1. The van der Waals surface area contributed by atoms with E-state index in [1.54, 1.807) is 6.20 Å².